The van der Waals surface area contributed by atoms with E-state index in [4.69, 9.17) is 27.9 Å². The largest absolute Gasteiger partial charge is 0.497 e. The SMILES string of the molecule is CC[C@H](C(=O)NCC(C)C)N(Cc1cccc(OC)c1)C(=O)CSCc1ccc(Cl)cc1Cl. The second-order valence-electron chi connectivity index (χ2n) is 8.16. The first-order chi connectivity index (χ1) is 15.7. The molecule has 2 rings (SSSR count). The van der Waals surface area contributed by atoms with Crippen LogP contribution in [0.2, 0.25) is 10.0 Å². The van der Waals surface area contributed by atoms with Crippen molar-refractivity contribution in [1.82, 2.24) is 10.2 Å². The van der Waals surface area contributed by atoms with E-state index in [0.717, 1.165) is 11.1 Å². The maximum atomic E-state index is 13.3. The highest BCUT2D eigenvalue weighted by Gasteiger charge is 2.28. The number of halogens is 2. The van der Waals surface area contributed by atoms with E-state index in [1.54, 1.807) is 24.1 Å². The summed E-state index contributed by atoms with van der Waals surface area (Å²) in [5.41, 5.74) is 1.82. The fraction of sp³-hybridized carbons (Fsp3) is 0.440. The van der Waals surface area contributed by atoms with Gasteiger partial charge in [0.2, 0.25) is 11.8 Å². The quantitative estimate of drug-likeness (QED) is 0.391. The van der Waals surface area contributed by atoms with Crippen LogP contribution in [0, 0.1) is 5.92 Å². The molecule has 5 nitrogen and oxygen atoms in total. The van der Waals surface area contributed by atoms with E-state index in [0.29, 0.717) is 47.0 Å². The van der Waals surface area contributed by atoms with Crippen molar-refractivity contribution >= 4 is 46.8 Å². The minimum atomic E-state index is -0.554. The summed E-state index contributed by atoms with van der Waals surface area (Å²) in [6, 6.07) is 12.4. The van der Waals surface area contributed by atoms with Gasteiger partial charge in [0, 0.05) is 28.9 Å². The predicted octanol–water partition coefficient (Wildman–Crippen LogP) is 5.81. The van der Waals surface area contributed by atoms with Crippen LogP contribution in [0.1, 0.15) is 38.3 Å². The highest BCUT2D eigenvalue weighted by molar-refractivity contribution is 7.99. The summed E-state index contributed by atoms with van der Waals surface area (Å²) in [4.78, 5) is 27.9. The van der Waals surface area contributed by atoms with Crippen LogP contribution >= 0.6 is 35.0 Å². The lowest BCUT2D eigenvalue weighted by Crippen LogP contribution is -2.50. The number of thioether (sulfide) groups is 1. The average molecular weight is 512 g/mol. The van der Waals surface area contributed by atoms with Gasteiger partial charge in [-0.2, -0.15) is 0 Å². The van der Waals surface area contributed by atoms with Gasteiger partial charge in [-0.3, -0.25) is 9.59 Å². The monoisotopic (exact) mass is 510 g/mol. The molecule has 0 saturated heterocycles. The molecule has 0 spiro atoms. The Morgan fingerprint density at radius 1 is 1.15 bits per heavy atom. The van der Waals surface area contributed by atoms with Crippen molar-refractivity contribution in [2.24, 2.45) is 5.92 Å². The Hall–Kier alpha value is -1.89. The standard InChI is InChI=1S/C25H32Cl2N2O3S/c1-5-23(25(31)28-13-17(2)3)29(14-18-7-6-8-21(11-18)32-4)24(30)16-33-15-19-9-10-20(26)12-22(19)27/h6-12,17,23H,5,13-16H2,1-4H3,(H,28,31)/t23-/m1/s1. The first-order valence-corrected chi connectivity index (χ1v) is 12.9. The number of nitrogens with one attached hydrogen (secondary N) is 1. The van der Waals surface area contributed by atoms with Crippen LogP contribution < -0.4 is 10.1 Å². The third kappa shape index (κ3) is 8.76. The molecule has 33 heavy (non-hydrogen) atoms. The number of hydrogen-bond donors (Lipinski definition) is 1. The molecule has 0 aliphatic rings. The summed E-state index contributed by atoms with van der Waals surface area (Å²) in [6.45, 7) is 6.90. The Bertz CT molecular complexity index is 940. The van der Waals surface area contributed by atoms with Crippen molar-refractivity contribution in [2.75, 3.05) is 19.4 Å². The highest BCUT2D eigenvalue weighted by Crippen LogP contribution is 2.25. The highest BCUT2D eigenvalue weighted by atomic mass is 35.5. The van der Waals surface area contributed by atoms with Crippen LogP contribution in [-0.4, -0.2) is 42.2 Å². The van der Waals surface area contributed by atoms with Crippen molar-refractivity contribution in [1.29, 1.82) is 0 Å². The van der Waals surface area contributed by atoms with E-state index in [2.05, 4.69) is 5.32 Å². The molecule has 1 N–H and O–H groups in total. The summed E-state index contributed by atoms with van der Waals surface area (Å²) in [6.07, 6.45) is 0.521. The first-order valence-electron chi connectivity index (χ1n) is 11.0. The van der Waals surface area contributed by atoms with E-state index in [-0.39, 0.29) is 17.6 Å². The van der Waals surface area contributed by atoms with Gasteiger partial charge in [-0.05, 0) is 47.7 Å². The van der Waals surface area contributed by atoms with Crippen molar-refractivity contribution in [3.05, 3.63) is 63.6 Å². The van der Waals surface area contributed by atoms with Gasteiger partial charge >= 0.3 is 0 Å². The second kappa shape index (κ2) is 13.7. The fourth-order valence-corrected chi connectivity index (χ4v) is 4.75. The zero-order valence-corrected chi connectivity index (χ0v) is 21.9. The summed E-state index contributed by atoms with van der Waals surface area (Å²) in [5, 5.41) is 4.13. The predicted molar refractivity (Wildman–Crippen MR) is 138 cm³/mol. The van der Waals surface area contributed by atoms with Gasteiger partial charge in [0.25, 0.3) is 0 Å². The summed E-state index contributed by atoms with van der Waals surface area (Å²) in [7, 11) is 1.61. The van der Waals surface area contributed by atoms with Crippen LogP contribution in [-0.2, 0) is 21.9 Å². The van der Waals surface area contributed by atoms with E-state index in [9.17, 15) is 9.59 Å². The summed E-state index contributed by atoms with van der Waals surface area (Å²) < 4.78 is 5.32. The van der Waals surface area contributed by atoms with Crippen LogP contribution in [0.25, 0.3) is 0 Å². The van der Waals surface area contributed by atoms with Crippen molar-refractivity contribution in [2.45, 2.75) is 45.5 Å². The molecular weight excluding hydrogens is 479 g/mol. The third-order valence-corrected chi connectivity index (χ3v) is 6.61. The van der Waals surface area contributed by atoms with Crippen LogP contribution in [0.5, 0.6) is 5.75 Å². The fourth-order valence-electron chi connectivity index (χ4n) is 3.28. The first kappa shape index (κ1) is 27.4. The Kier molecular flexibility index (Phi) is 11.4. The second-order valence-corrected chi connectivity index (χ2v) is 9.99. The Labute approximate surface area is 211 Å². The molecule has 2 amide bonds. The van der Waals surface area contributed by atoms with Gasteiger partial charge in [-0.25, -0.2) is 0 Å². The number of hydrogen-bond acceptors (Lipinski definition) is 4. The molecule has 8 heteroatoms. The number of rotatable bonds is 12. The number of nitrogens with zero attached hydrogens (tertiary/aromatic N) is 1. The van der Waals surface area contributed by atoms with E-state index < -0.39 is 6.04 Å². The molecule has 0 unspecified atom stereocenters. The lowest BCUT2D eigenvalue weighted by atomic mass is 10.1. The normalized spacial score (nSPS) is 11.8. The molecule has 0 aromatic heterocycles. The maximum Gasteiger partial charge on any atom is 0.242 e. The molecule has 2 aromatic rings. The van der Waals surface area contributed by atoms with E-state index >= 15 is 0 Å². The number of benzene rings is 2. The molecule has 1 atom stereocenters. The Morgan fingerprint density at radius 2 is 1.91 bits per heavy atom. The van der Waals surface area contributed by atoms with Gasteiger partial charge in [0.05, 0.1) is 12.9 Å². The maximum absolute atomic E-state index is 13.3. The summed E-state index contributed by atoms with van der Waals surface area (Å²) in [5.74, 6) is 1.62. The molecule has 0 heterocycles. The van der Waals surface area contributed by atoms with E-state index in [1.165, 1.54) is 11.8 Å². The molecule has 180 valence electrons. The molecule has 0 aliphatic carbocycles. The number of carbonyl (C=O) groups is 2. The van der Waals surface area contributed by atoms with Gasteiger partial charge in [0.1, 0.15) is 11.8 Å². The smallest absolute Gasteiger partial charge is 0.242 e. The lowest BCUT2D eigenvalue weighted by Gasteiger charge is -2.31. The molecule has 0 bridgehead atoms. The molecule has 0 aliphatic heterocycles. The molecular formula is C25H32Cl2N2O3S. The van der Waals surface area contributed by atoms with Crippen LogP contribution in [0.15, 0.2) is 42.5 Å². The summed E-state index contributed by atoms with van der Waals surface area (Å²) >= 11 is 13.7. The number of amides is 2. The molecule has 0 saturated carbocycles. The van der Waals surface area contributed by atoms with E-state index in [1.807, 2.05) is 51.1 Å². The number of ether oxygens (including phenoxy) is 1. The zero-order valence-electron chi connectivity index (χ0n) is 19.6. The Morgan fingerprint density at radius 3 is 2.55 bits per heavy atom. The third-order valence-electron chi connectivity index (χ3n) is 5.06. The van der Waals surface area contributed by atoms with Crippen LogP contribution in [0.4, 0.5) is 0 Å². The number of carbonyl (C=O) groups excluding carboxylic acids is 2. The van der Waals surface area contributed by atoms with Crippen molar-refractivity contribution in [3.8, 4) is 5.75 Å². The molecule has 0 radical (unpaired) electrons. The van der Waals surface area contributed by atoms with Crippen LogP contribution in [0.3, 0.4) is 0 Å². The topological polar surface area (TPSA) is 58.6 Å². The lowest BCUT2D eigenvalue weighted by molar-refractivity contribution is -0.139. The Balaban J connectivity index is 2.16. The van der Waals surface area contributed by atoms with Gasteiger partial charge in [-0.15, -0.1) is 11.8 Å². The van der Waals surface area contributed by atoms with Crippen molar-refractivity contribution in [3.63, 3.8) is 0 Å². The minimum absolute atomic E-state index is 0.0977. The minimum Gasteiger partial charge on any atom is -0.497 e. The van der Waals surface area contributed by atoms with Gasteiger partial charge in [-0.1, -0.05) is 62.2 Å². The number of methoxy groups -OCH3 is 1. The zero-order chi connectivity index (χ0) is 24.4. The average Bonchev–Trinajstić information content (AvgIpc) is 2.79. The molecule has 2 aromatic carbocycles. The van der Waals surface area contributed by atoms with Gasteiger partial charge in [0.15, 0.2) is 0 Å². The molecule has 0 fully saturated rings. The van der Waals surface area contributed by atoms with Gasteiger partial charge < -0.3 is 15.0 Å². The van der Waals surface area contributed by atoms with Crippen molar-refractivity contribution < 1.29 is 14.3 Å².